The number of anilines is 1. The zero-order valence-electron chi connectivity index (χ0n) is 18.0. The van der Waals surface area contributed by atoms with Gasteiger partial charge in [-0.2, -0.15) is 0 Å². The molecule has 8 heteroatoms. The minimum absolute atomic E-state index is 0.0532. The lowest BCUT2D eigenvalue weighted by Crippen LogP contribution is -2.41. The molecule has 1 unspecified atom stereocenters. The third-order valence-corrected chi connectivity index (χ3v) is 6.71. The molecule has 0 amide bonds. The van der Waals surface area contributed by atoms with Crippen molar-refractivity contribution in [1.29, 1.82) is 0 Å². The zero-order chi connectivity index (χ0) is 22.1. The van der Waals surface area contributed by atoms with Gasteiger partial charge in [-0.1, -0.05) is 18.2 Å². The summed E-state index contributed by atoms with van der Waals surface area (Å²) in [7, 11) is 1.95. The van der Waals surface area contributed by atoms with Crippen LogP contribution in [0.25, 0.3) is 10.9 Å². The number of aliphatic hydroxyl groups excluding tert-OH is 1. The van der Waals surface area contributed by atoms with Crippen LogP contribution in [-0.4, -0.2) is 64.6 Å². The first-order chi connectivity index (χ1) is 15.1. The predicted molar refractivity (Wildman–Crippen MR) is 131 cm³/mol. The van der Waals surface area contributed by atoms with Gasteiger partial charge in [-0.05, 0) is 31.0 Å². The van der Waals surface area contributed by atoms with Gasteiger partial charge < -0.3 is 31.0 Å². The Morgan fingerprint density at radius 3 is 2.68 bits per heavy atom. The van der Waals surface area contributed by atoms with E-state index in [9.17, 15) is 9.90 Å². The number of H-pyrrole nitrogens is 2. The van der Waals surface area contributed by atoms with Crippen molar-refractivity contribution in [3.05, 3.63) is 64.7 Å². The average molecular weight is 444 g/mol. The van der Waals surface area contributed by atoms with Crippen molar-refractivity contribution < 1.29 is 5.11 Å². The van der Waals surface area contributed by atoms with Crippen molar-refractivity contribution in [2.24, 2.45) is 5.73 Å². The number of nitrogens with zero attached hydrogens (tertiary/aromatic N) is 1. The summed E-state index contributed by atoms with van der Waals surface area (Å²) in [5.74, 6) is 0.941. The average Bonchev–Trinajstić information content (AvgIpc) is 3.22. The first kappa shape index (κ1) is 23.4. The number of pyridine rings is 1. The highest BCUT2D eigenvalue weighted by Crippen LogP contribution is 2.26. The van der Waals surface area contributed by atoms with E-state index in [1.54, 1.807) is 18.3 Å². The number of para-hydroxylation sites is 1. The number of nitrogens with one attached hydrogen (secondary N) is 3. The summed E-state index contributed by atoms with van der Waals surface area (Å²) in [5, 5.41) is 14.5. The van der Waals surface area contributed by atoms with Crippen LogP contribution in [0.4, 0.5) is 5.69 Å². The lowest BCUT2D eigenvalue weighted by atomic mass is 10.1. The number of benzene rings is 1. The summed E-state index contributed by atoms with van der Waals surface area (Å²) >= 11 is 1.92. The minimum atomic E-state index is -0.113. The van der Waals surface area contributed by atoms with Gasteiger partial charge in [0.25, 0.3) is 0 Å². The molecule has 0 radical (unpaired) electrons. The van der Waals surface area contributed by atoms with E-state index in [0.29, 0.717) is 11.8 Å². The van der Waals surface area contributed by atoms with Gasteiger partial charge in [-0.15, -0.1) is 11.8 Å². The van der Waals surface area contributed by atoms with Crippen LogP contribution < -0.4 is 16.6 Å². The first-order valence-corrected chi connectivity index (χ1v) is 11.8. The number of rotatable bonds is 7. The number of piperidine rings is 1. The van der Waals surface area contributed by atoms with E-state index in [1.807, 2.05) is 18.8 Å². The Morgan fingerprint density at radius 1 is 1.26 bits per heavy atom. The van der Waals surface area contributed by atoms with Crippen LogP contribution in [0, 0.1) is 0 Å². The number of aromatic amines is 2. The molecule has 0 aliphatic carbocycles. The van der Waals surface area contributed by atoms with Crippen LogP contribution >= 0.6 is 11.8 Å². The fraction of sp³-hybridized carbons (Fsp3) is 0.435. The molecule has 0 bridgehead atoms. The van der Waals surface area contributed by atoms with Crippen LogP contribution in [0.5, 0.6) is 0 Å². The summed E-state index contributed by atoms with van der Waals surface area (Å²) in [5.41, 5.74) is 9.47. The number of aliphatic hydroxyl groups is 1. The summed E-state index contributed by atoms with van der Waals surface area (Å²) < 4.78 is 0. The second-order valence-electron chi connectivity index (χ2n) is 7.74. The van der Waals surface area contributed by atoms with E-state index in [2.05, 4.69) is 44.5 Å². The number of likely N-dealkylation sites (tertiary alicyclic amines) is 1. The molecule has 3 heterocycles. The largest absolute Gasteiger partial charge is 0.393 e. The summed E-state index contributed by atoms with van der Waals surface area (Å²) in [6, 6.07) is 13.5. The molecule has 1 aliphatic heterocycles. The van der Waals surface area contributed by atoms with Crippen LogP contribution in [0.3, 0.4) is 0 Å². The van der Waals surface area contributed by atoms with Gasteiger partial charge in [-0.3, -0.25) is 4.79 Å². The number of nitrogens with two attached hydrogens (primary N) is 1. The zero-order valence-corrected chi connectivity index (χ0v) is 18.8. The lowest BCUT2D eigenvalue weighted by Gasteiger charge is -2.31. The van der Waals surface area contributed by atoms with Crippen molar-refractivity contribution in [3.63, 3.8) is 0 Å². The maximum atomic E-state index is 10.2. The Morgan fingerprint density at radius 2 is 2.06 bits per heavy atom. The molecule has 1 saturated heterocycles. The molecule has 7 nitrogen and oxygen atoms in total. The lowest BCUT2D eigenvalue weighted by molar-refractivity contribution is 0.0831. The van der Waals surface area contributed by atoms with Crippen molar-refractivity contribution in [2.45, 2.75) is 29.9 Å². The molecule has 4 rings (SSSR count). The second kappa shape index (κ2) is 12.0. The standard InChI is InChI=1S/C18H28N4OS.C5H5NO/c1-20-17-4-2-3-13-9-14(21-18(13)17)12-24-16(10-19)11-22-7-5-15(23)6-8-22;7-5-3-1-2-4-6-5/h2-4,9,15-16,20-21,23H,5-8,10-12,19H2,1H3;1-4H,(H,6,7). The normalized spacial score (nSPS) is 16.0. The van der Waals surface area contributed by atoms with Gasteiger partial charge in [0.1, 0.15) is 0 Å². The molecule has 2 aromatic heterocycles. The van der Waals surface area contributed by atoms with Gasteiger partial charge in [0.2, 0.25) is 5.56 Å². The maximum absolute atomic E-state index is 10.2. The predicted octanol–water partition coefficient (Wildman–Crippen LogP) is 2.60. The highest BCUT2D eigenvalue weighted by atomic mass is 32.2. The van der Waals surface area contributed by atoms with Gasteiger partial charge in [0, 0.05) is 67.6 Å². The van der Waals surface area contributed by atoms with E-state index < -0.39 is 0 Å². The highest BCUT2D eigenvalue weighted by Gasteiger charge is 2.20. The van der Waals surface area contributed by atoms with Crippen LogP contribution in [0.1, 0.15) is 18.5 Å². The van der Waals surface area contributed by atoms with Crippen LogP contribution in [0.15, 0.2) is 53.5 Å². The Labute approximate surface area is 187 Å². The van der Waals surface area contributed by atoms with Crippen molar-refractivity contribution in [3.8, 4) is 0 Å². The molecule has 1 aromatic carbocycles. The molecule has 168 valence electrons. The van der Waals surface area contributed by atoms with Crippen LogP contribution in [0.2, 0.25) is 0 Å². The minimum Gasteiger partial charge on any atom is -0.393 e. The van der Waals surface area contributed by atoms with Crippen molar-refractivity contribution in [1.82, 2.24) is 14.9 Å². The van der Waals surface area contributed by atoms with Crippen molar-refractivity contribution in [2.75, 3.05) is 38.5 Å². The quantitative estimate of drug-likeness (QED) is 0.384. The molecule has 3 aromatic rings. The third-order valence-electron chi connectivity index (χ3n) is 5.42. The van der Waals surface area contributed by atoms with Crippen molar-refractivity contribution >= 4 is 28.4 Å². The highest BCUT2D eigenvalue weighted by molar-refractivity contribution is 7.99. The fourth-order valence-electron chi connectivity index (χ4n) is 3.67. The maximum Gasteiger partial charge on any atom is 0.247 e. The number of hydrogen-bond acceptors (Lipinski definition) is 6. The molecule has 31 heavy (non-hydrogen) atoms. The van der Waals surface area contributed by atoms with E-state index in [-0.39, 0.29) is 11.7 Å². The van der Waals surface area contributed by atoms with Gasteiger partial charge in [-0.25, -0.2) is 0 Å². The smallest absolute Gasteiger partial charge is 0.247 e. The molecule has 1 fully saturated rings. The van der Waals surface area contributed by atoms with E-state index in [4.69, 9.17) is 5.73 Å². The van der Waals surface area contributed by atoms with E-state index in [0.717, 1.165) is 43.9 Å². The Kier molecular flexibility index (Phi) is 9.02. The summed E-state index contributed by atoms with van der Waals surface area (Å²) in [6.07, 6.45) is 3.26. The molecular weight excluding hydrogens is 410 g/mol. The topological polar surface area (TPSA) is 110 Å². The van der Waals surface area contributed by atoms with E-state index >= 15 is 0 Å². The fourth-order valence-corrected chi connectivity index (χ4v) is 4.69. The molecule has 0 saturated carbocycles. The number of aromatic nitrogens is 2. The summed E-state index contributed by atoms with van der Waals surface area (Å²) in [4.78, 5) is 18.7. The molecule has 1 atom stereocenters. The monoisotopic (exact) mass is 443 g/mol. The van der Waals surface area contributed by atoms with E-state index in [1.165, 1.54) is 22.7 Å². The van der Waals surface area contributed by atoms with Crippen LogP contribution in [-0.2, 0) is 5.75 Å². The SMILES string of the molecule is CNc1cccc2cc(CSC(CN)CN3CCC(O)CC3)[nH]c12.O=c1cccc[nH]1. The molecular formula is C23H33N5O2S. The molecule has 6 N–H and O–H groups in total. The first-order valence-electron chi connectivity index (χ1n) is 10.7. The Bertz CT molecular complexity index is 964. The number of thioether (sulfide) groups is 1. The molecule has 0 spiro atoms. The van der Waals surface area contributed by atoms with Gasteiger partial charge in [0.15, 0.2) is 0 Å². The molecule has 1 aliphatic rings. The third kappa shape index (κ3) is 7.14. The van der Waals surface area contributed by atoms with Gasteiger partial charge in [0.05, 0.1) is 17.3 Å². The number of hydrogen-bond donors (Lipinski definition) is 5. The Balaban J connectivity index is 0.000000330. The second-order valence-corrected chi connectivity index (χ2v) is 9.03. The number of fused-ring (bicyclic) bond motifs is 1. The Hall–Kier alpha value is -2.26. The summed E-state index contributed by atoms with van der Waals surface area (Å²) in [6.45, 7) is 3.66. The van der Waals surface area contributed by atoms with Gasteiger partial charge >= 0.3 is 0 Å².